The summed E-state index contributed by atoms with van der Waals surface area (Å²) in [7, 11) is 3.84. The number of nitrogens with zero attached hydrogens (tertiary/aromatic N) is 3. The van der Waals surface area contributed by atoms with E-state index in [9.17, 15) is 24.5 Å². The number of benzene rings is 4. The molecule has 0 unspecified atom stereocenters. The van der Waals surface area contributed by atoms with Crippen LogP contribution >= 0.6 is 0 Å². The highest BCUT2D eigenvalue weighted by Gasteiger charge is 2.16. The average Bonchev–Trinajstić information content (AvgIpc) is 3.06. The molecule has 0 aliphatic carbocycles. The monoisotopic (exact) mass is 621 g/mol. The Labute approximate surface area is 265 Å². The molecular formula is C34H31N5O7. The van der Waals surface area contributed by atoms with Crippen molar-refractivity contribution in [1.82, 2.24) is 10.7 Å². The Kier molecular flexibility index (Phi) is 10.9. The van der Waals surface area contributed by atoms with Crippen molar-refractivity contribution in [2.75, 3.05) is 25.6 Å². The standard InChI is InChI=1S/C34H31N5O7/c1-4-45-31-21-24(12-19-30(31)46-34(42)26-13-17-28(18-14-26)39(43)44)22-35-37-33(41)29(36-32(40)25-8-6-5-7-9-25)20-23-10-15-27(16-11-23)38(2)3/h5-22H,4H2,1-3H3,(H,36,40)(H,37,41). The third-order valence-corrected chi connectivity index (χ3v) is 6.41. The Balaban J connectivity index is 1.50. The van der Waals surface area contributed by atoms with Crippen molar-refractivity contribution >= 4 is 41.4 Å². The second-order valence-electron chi connectivity index (χ2n) is 9.90. The van der Waals surface area contributed by atoms with Gasteiger partial charge in [-0.05, 0) is 78.7 Å². The van der Waals surface area contributed by atoms with Crippen molar-refractivity contribution < 1.29 is 28.8 Å². The number of nitro benzene ring substituents is 1. The molecule has 0 radical (unpaired) electrons. The number of amides is 2. The van der Waals surface area contributed by atoms with Gasteiger partial charge in [0.2, 0.25) is 0 Å². The maximum atomic E-state index is 13.2. The van der Waals surface area contributed by atoms with Crippen molar-refractivity contribution in [2.45, 2.75) is 6.92 Å². The highest BCUT2D eigenvalue weighted by molar-refractivity contribution is 6.05. The molecule has 46 heavy (non-hydrogen) atoms. The second kappa shape index (κ2) is 15.4. The summed E-state index contributed by atoms with van der Waals surface area (Å²) < 4.78 is 11.1. The minimum absolute atomic E-state index is 0.0212. The van der Waals surface area contributed by atoms with E-state index in [0.717, 1.165) is 5.69 Å². The maximum absolute atomic E-state index is 13.2. The molecule has 0 saturated carbocycles. The Bertz CT molecular complexity index is 1770. The summed E-state index contributed by atoms with van der Waals surface area (Å²) >= 11 is 0. The van der Waals surface area contributed by atoms with E-state index in [-0.39, 0.29) is 35.1 Å². The Morgan fingerprint density at radius 2 is 1.54 bits per heavy atom. The van der Waals surface area contributed by atoms with Crippen LogP contribution in [-0.2, 0) is 4.79 Å². The maximum Gasteiger partial charge on any atom is 0.343 e. The van der Waals surface area contributed by atoms with Crippen LogP contribution < -0.4 is 25.1 Å². The van der Waals surface area contributed by atoms with Crippen LogP contribution in [0.2, 0.25) is 0 Å². The summed E-state index contributed by atoms with van der Waals surface area (Å²) in [5, 5.41) is 17.6. The number of non-ortho nitro benzene ring substituents is 1. The molecule has 234 valence electrons. The molecule has 0 heterocycles. The fourth-order valence-electron chi connectivity index (χ4n) is 4.04. The van der Waals surface area contributed by atoms with E-state index < -0.39 is 22.7 Å². The fraction of sp³-hybridized carbons (Fsp3) is 0.118. The molecular weight excluding hydrogens is 590 g/mol. The van der Waals surface area contributed by atoms with Gasteiger partial charge in [-0.1, -0.05) is 30.3 Å². The Morgan fingerprint density at radius 3 is 2.17 bits per heavy atom. The second-order valence-corrected chi connectivity index (χ2v) is 9.90. The van der Waals surface area contributed by atoms with Crippen LogP contribution in [0, 0.1) is 10.1 Å². The summed E-state index contributed by atoms with van der Waals surface area (Å²) in [6, 6.07) is 25.6. The number of rotatable bonds is 12. The van der Waals surface area contributed by atoms with E-state index in [1.165, 1.54) is 36.5 Å². The molecule has 12 nitrogen and oxygen atoms in total. The van der Waals surface area contributed by atoms with Gasteiger partial charge in [0.05, 0.1) is 23.3 Å². The first-order chi connectivity index (χ1) is 22.1. The number of carbonyl (C=O) groups is 3. The van der Waals surface area contributed by atoms with Gasteiger partial charge in [0, 0.05) is 37.5 Å². The zero-order valence-electron chi connectivity index (χ0n) is 25.3. The first kappa shape index (κ1) is 32.6. The molecule has 2 amide bonds. The van der Waals surface area contributed by atoms with Gasteiger partial charge in [-0.2, -0.15) is 5.10 Å². The third-order valence-electron chi connectivity index (χ3n) is 6.41. The lowest BCUT2D eigenvalue weighted by molar-refractivity contribution is -0.384. The third kappa shape index (κ3) is 8.86. The van der Waals surface area contributed by atoms with Gasteiger partial charge >= 0.3 is 5.97 Å². The number of nitrogens with one attached hydrogen (secondary N) is 2. The zero-order valence-corrected chi connectivity index (χ0v) is 25.3. The lowest BCUT2D eigenvalue weighted by Gasteiger charge is -2.13. The highest BCUT2D eigenvalue weighted by Crippen LogP contribution is 2.29. The predicted molar refractivity (Wildman–Crippen MR) is 174 cm³/mol. The summed E-state index contributed by atoms with van der Waals surface area (Å²) in [6.45, 7) is 2.03. The van der Waals surface area contributed by atoms with Gasteiger partial charge in [-0.15, -0.1) is 0 Å². The number of esters is 1. The minimum Gasteiger partial charge on any atom is -0.490 e. The lowest BCUT2D eigenvalue weighted by atomic mass is 10.1. The molecule has 0 saturated heterocycles. The van der Waals surface area contributed by atoms with E-state index in [1.807, 2.05) is 43.3 Å². The largest absolute Gasteiger partial charge is 0.490 e. The molecule has 2 N–H and O–H groups in total. The highest BCUT2D eigenvalue weighted by atomic mass is 16.6. The summed E-state index contributed by atoms with van der Waals surface area (Å²) in [4.78, 5) is 51.0. The number of ether oxygens (including phenoxy) is 2. The number of hydrogen-bond donors (Lipinski definition) is 2. The molecule has 0 spiro atoms. The molecule has 0 bridgehead atoms. The molecule has 0 atom stereocenters. The van der Waals surface area contributed by atoms with Crippen LogP contribution in [-0.4, -0.2) is 49.6 Å². The van der Waals surface area contributed by atoms with Crippen LogP contribution in [0.4, 0.5) is 11.4 Å². The van der Waals surface area contributed by atoms with E-state index in [2.05, 4.69) is 15.8 Å². The predicted octanol–water partition coefficient (Wildman–Crippen LogP) is 5.20. The number of hydrogen-bond acceptors (Lipinski definition) is 9. The van der Waals surface area contributed by atoms with Gasteiger partial charge in [-0.25, -0.2) is 10.2 Å². The van der Waals surface area contributed by atoms with Crippen molar-refractivity contribution in [3.05, 3.63) is 135 Å². The van der Waals surface area contributed by atoms with Crippen LogP contribution in [0.25, 0.3) is 6.08 Å². The van der Waals surface area contributed by atoms with Crippen molar-refractivity contribution in [2.24, 2.45) is 5.10 Å². The van der Waals surface area contributed by atoms with Gasteiger partial charge in [0.1, 0.15) is 5.70 Å². The van der Waals surface area contributed by atoms with Crippen molar-refractivity contribution in [3.8, 4) is 11.5 Å². The van der Waals surface area contributed by atoms with Crippen LogP contribution in [0.1, 0.15) is 38.8 Å². The van der Waals surface area contributed by atoms with Crippen molar-refractivity contribution in [1.29, 1.82) is 0 Å². The molecule has 12 heteroatoms. The summed E-state index contributed by atoms with van der Waals surface area (Å²) in [6.07, 6.45) is 2.91. The zero-order chi connectivity index (χ0) is 33.1. The summed E-state index contributed by atoms with van der Waals surface area (Å²) in [5.41, 5.74) is 4.94. The van der Waals surface area contributed by atoms with Gasteiger partial charge < -0.3 is 19.7 Å². The van der Waals surface area contributed by atoms with E-state index >= 15 is 0 Å². The van der Waals surface area contributed by atoms with Crippen molar-refractivity contribution in [3.63, 3.8) is 0 Å². The quantitative estimate of drug-likeness (QED) is 0.0547. The fourth-order valence-corrected chi connectivity index (χ4v) is 4.04. The average molecular weight is 622 g/mol. The number of hydrazone groups is 1. The molecule has 0 aromatic heterocycles. The van der Waals surface area contributed by atoms with Gasteiger partial charge in [-0.3, -0.25) is 19.7 Å². The summed E-state index contributed by atoms with van der Waals surface area (Å²) in [5.74, 6) is -1.48. The smallest absolute Gasteiger partial charge is 0.343 e. The first-order valence-electron chi connectivity index (χ1n) is 14.1. The number of nitro groups is 1. The molecule has 4 aromatic rings. The van der Waals surface area contributed by atoms with Gasteiger partial charge in [0.15, 0.2) is 11.5 Å². The first-order valence-corrected chi connectivity index (χ1v) is 14.1. The van der Waals surface area contributed by atoms with Crippen LogP contribution in [0.5, 0.6) is 11.5 Å². The topological polar surface area (TPSA) is 152 Å². The SMILES string of the molecule is CCOc1cc(C=NNC(=O)C(=Cc2ccc(N(C)C)cc2)NC(=O)c2ccccc2)ccc1OC(=O)c1ccc([N+](=O)[O-])cc1. The molecule has 0 fully saturated rings. The Hall–Kier alpha value is -6.30. The van der Waals surface area contributed by atoms with Crippen LogP contribution in [0.3, 0.4) is 0 Å². The minimum atomic E-state index is -0.724. The van der Waals surface area contributed by atoms with E-state index in [4.69, 9.17) is 9.47 Å². The van der Waals surface area contributed by atoms with E-state index in [0.29, 0.717) is 16.7 Å². The Morgan fingerprint density at radius 1 is 0.870 bits per heavy atom. The van der Waals surface area contributed by atoms with E-state index in [1.54, 1.807) is 55.5 Å². The normalized spacial score (nSPS) is 11.1. The number of anilines is 1. The lowest BCUT2D eigenvalue weighted by Crippen LogP contribution is -2.32. The molecule has 4 rings (SSSR count). The molecule has 4 aromatic carbocycles. The molecule has 0 aliphatic rings. The van der Waals surface area contributed by atoms with Crippen LogP contribution in [0.15, 0.2) is 108 Å². The number of carbonyl (C=O) groups excluding carboxylic acids is 3. The molecule has 0 aliphatic heterocycles. The van der Waals surface area contributed by atoms with Gasteiger partial charge in [0.25, 0.3) is 17.5 Å².